The molecule has 1 N–H and O–H groups in total. The first-order valence-corrected chi connectivity index (χ1v) is 6.83. The number of hydrogen-bond acceptors (Lipinski definition) is 4. The summed E-state index contributed by atoms with van der Waals surface area (Å²) >= 11 is 3.20. The number of carboxylic acid groups (broad SMARTS) is 1. The zero-order valence-corrected chi connectivity index (χ0v) is 11.9. The van der Waals surface area contributed by atoms with Crippen LogP contribution in [0.5, 0.6) is 0 Å². The van der Waals surface area contributed by atoms with E-state index in [4.69, 9.17) is 9.52 Å². The van der Waals surface area contributed by atoms with E-state index < -0.39 is 5.97 Å². The Bertz CT molecular complexity index is 474. The predicted molar refractivity (Wildman–Crippen MR) is 71.0 cm³/mol. The maximum Gasteiger partial charge on any atom is 0.317 e. The van der Waals surface area contributed by atoms with Crippen molar-refractivity contribution in [3.8, 4) is 0 Å². The molecular weight excluding hydrogens is 316 g/mol. The number of halogens is 1. The molecule has 1 amide bonds. The Labute approximate surface area is 119 Å². The molecule has 1 aromatic rings. The van der Waals surface area contributed by atoms with Crippen molar-refractivity contribution < 1.29 is 19.1 Å². The summed E-state index contributed by atoms with van der Waals surface area (Å²) in [6, 6.07) is 1.63. The molecule has 6 nitrogen and oxygen atoms in total. The van der Waals surface area contributed by atoms with Crippen LogP contribution >= 0.6 is 15.9 Å². The number of aliphatic carboxylic acids is 1. The third-order valence-electron chi connectivity index (χ3n) is 3.08. The van der Waals surface area contributed by atoms with Crippen LogP contribution in [0.4, 0.5) is 0 Å². The highest BCUT2D eigenvalue weighted by molar-refractivity contribution is 9.10. The fraction of sp³-hybridized carbons (Fsp3) is 0.500. The lowest BCUT2D eigenvalue weighted by molar-refractivity contribution is -0.138. The molecule has 1 aliphatic rings. The number of carboxylic acids is 1. The third-order valence-corrected chi connectivity index (χ3v) is 3.70. The number of amides is 1. The molecule has 1 aromatic heterocycles. The van der Waals surface area contributed by atoms with E-state index in [1.165, 1.54) is 6.26 Å². The van der Waals surface area contributed by atoms with Gasteiger partial charge >= 0.3 is 5.97 Å². The van der Waals surface area contributed by atoms with Gasteiger partial charge in [-0.3, -0.25) is 14.5 Å². The first-order valence-electron chi connectivity index (χ1n) is 6.04. The Hall–Kier alpha value is -1.34. The lowest BCUT2D eigenvalue weighted by Crippen LogP contribution is -2.36. The van der Waals surface area contributed by atoms with Crippen molar-refractivity contribution in [1.82, 2.24) is 9.80 Å². The molecule has 0 aromatic carbocycles. The number of nitrogens with zero attached hydrogens (tertiary/aromatic N) is 2. The van der Waals surface area contributed by atoms with Crippen molar-refractivity contribution in [2.75, 3.05) is 32.7 Å². The van der Waals surface area contributed by atoms with Crippen LogP contribution in [-0.4, -0.2) is 59.5 Å². The quantitative estimate of drug-likeness (QED) is 0.903. The van der Waals surface area contributed by atoms with E-state index in [9.17, 15) is 9.59 Å². The smallest absolute Gasteiger partial charge is 0.317 e. The summed E-state index contributed by atoms with van der Waals surface area (Å²) in [5.41, 5.74) is 0.506. The molecule has 2 rings (SSSR count). The van der Waals surface area contributed by atoms with E-state index in [1.807, 2.05) is 4.90 Å². The first kappa shape index (κ1) is 14.1. The molecule has 7 heteroatoms. The molecule has 19 heavy (non-hydrogen) atoms. The molecule has 0 atom stereocenters. The van der Waals surface area contributed by atoms with Gasteiger partial charge in [0.05, 0.1) is 18.4 Å². The first-order chi connectivity index (χ1) is 9.08. The van der Waals surface area contributed by atoms with E-state index in [1.54, 1.807) is 11.0 Å². The summed E-state index contributed by atoms with van der Waals surface area (Å²) in [6.45, 7) is 2.46. The SMILES string of the molecule is O=C(O)CN1CCCN(C(=O)c2ccoc2Br)CC1. The van der Waals surface area contributed by atoms with Gasteiger partial charge in [0.1, 0.15) is 0 Å². The highest BCUT2D eigenvalue weighted by atomic mass is 79.9. The summed E-state index contributed by atoms with van der Waals surface area (Å²) in [7, 11) is 0. The standard InChI is InChI=1S/C12H15BrN2O4/c13-11-9(2-7-19-11)12(18)15-4-1-3-14(5-6-15)8-10(16)17/h2,7H,1,3-6,8H2,(H,16,17). The van der Waals surface area contributed by atoms with Crippen LogP contribution in [0.1, 0.15) is 16.8 Å². The Morgan fingerprint density at radius 3 is 2.74 bits per heavy atom. The van der Waals surface area contributed by atoms with Crippen LogP contribution < -0.4 is 0 Å². The van der Waals surface area contributed by atoms with Crippen molar-refractivity contribution in [2.24, 2.45) is 0 Å². The Morgan fingerprint density at radius 1 is 1.32 bits per heavy atom. The van der Waals surface area contributed by atoms with E-state index in [-0.39, 0.29) is 12.5 Å². The van der Waals surface area contributed by atoms with Crippen LogP contribution in [0.2, 0.25) is 0 Å². The minimum absolute atomic E-state index is 0.0252. The van der Waals surface area contributed by atoms with Gasteiger partial charge in [-0.15, -0.1) is 0 Å². The molecule has 0 spiro atoms. The molecule has 0 bridgehead atoms. The minimum Gasteiger partial charge on any atom is -0.480 e. The monoisotopic (exact) mass is 330 g/mol. The second-order valence-electron chi connectivity index (χ2n) is 4.42. The van der Waals surface area contributed by atoms with Crippen molar-refractivity contribution >= 4 is 27.8 Å². The molecule has 104 valence electrons. The van der Waals surface area contributed by atoms with E-state index >= 15 is 0 Å². The minimum atomic E-state index is -0.836. The average Bonchev–Trinajstić information content (AvgIpc) is 2.64. The zero-order valence-electron chi connectivity index (χ0n) is 10.3. The van der Waals surface area contributed by atoms with E-state index in [0.717, 1.165) is 6.42 Å². The number of hydrogen-bond donors (Lipinski definition) is 1. The van der Waals surface area contributed by atoms with Crippen LogP contribution in [-0.2, 0) is 4.79 Å². The maximum absolute atomic E-state index is 12.3. The van der Waals surface area contributed by atoms with Gasteiger partial charge in [0.2, 0.25) is 0 Å². The Balaban J connectivity index is 1.97. The van der Waals surface area contributed by atoms with Crippen LogP contribution in [0, 0.1) is 0 Å². The van der Waals surface area contributed by atoms with Gasteiger partial charge in [0, 0.05) is 26.2 Å². The van der Waals surface area contributed by atoms with Gasteiger partial charge in [-0.2, -0.15) is 0 Å². The lowest BCUT2D eigenvalue weighted by Gasteiger charge is -2.20. The fourth-order valence-electron chi connectivity index (χ4n) is 2.14. The molecule has 2 heterocycles. The predicted octanol–water partition coefficient (Wildman–Crippen LogP) is 1.27. The number of rotatable bonds is 3. The fourth-order valence-corrected chi connectivity index (χ4v) is 2.55. The number of carbonyl (C=O) groups excluding carboxylic acids is 1. The van der Waals surface area contributed by atoms with Crippen molar-refractivity contribution in [3.05, 3.63) is 22.6 Å². The van der Waals surface area contributed by atoms with Crippen LogP contribution in [0.25, 0.3) is 0 Å². The van der Waals surface area contributed by atoms with Crippen LogP contribution in [0.3, 0.4) is 0 Å². The molecule has 0 aliphatic carbocycles. The van der Waals surface area contributed by atoms with Crippen molar-refractivity contribution in [2.45, 2.75) is 6.42 Å². The number of furan rings is 1. The number of carbonyl (C=O) groups is 2. The summed E-state index contributed by atoms with van der Waals surface area (Å²) in [4.78, 5) is 26.5. The third kappa shape index (κ3) is 3.57. The second kappa shape index (κ2) is 6.21. The van der Waals surface area contributed by atoms with Gasteiger partial charge in [-0.1, -0.05) is 0 Å². The summed E-state index contributed by atoms with van der Waals surface area (Å²) in [5.74, 6) is -0.921. The molecule has 0 radical (unpaired) electrons. The highest BCUT2D eigenvalue weighted by Gasteiger charge is 2.23. The average molecular weight is 331 g/mol. The molecule has 1 saturated heterocycles. The van der Waals surface area contributed by atoms with Crippen molar-refractivity contribution in [3.63, 3.8) is 0 Å². The lowest BCUT2D eigenvalue weighted by atomic mass is 10.3. The van der Waals surface area contributed by atoms with Gasteiger partial charge in [-0.25, -0.2) is 0 Å². The molecule has 1 aliphatic heterocycles. The summed E-state index contributed by atoms with van der Waals surface area (Å²) in [6.07, 6.45) is 2.24. The zero-order chi connectivity index (χ0) is 13.8. The largest absolute Gasteiger partial charge is 0.480 e. The summed E-state index contributed by atoms with van der Waals surface area (Å²) in [5, 5.41) is 8.78. The van der Waals surface area contributed by atoms with Crippen LogP contribution in [0.15, 0.2) is 21.4 Å². The van der Waals surface area contributed by atoms with Gasteiger partial charge in [0.15, 0.2) is 4.67 Å². The highest BCUT2D eigenvalue weighted by Crippen LogP contribution is 2.20. The second-order valence-corrected chi connectivity index (χ2v) is 5.14. The molecule has 1 fully saturated rings. The Morgan fingerprint density at radius 2 is 2.11 bits per heavy atom. The van der Waals surface area contributed by atoms with Gasteiger partial charge in [-0.05, 0) is 28.4 Å². The van der Waals surface area contributed by atoms with Crippen molar-refractivity contribution in [1.29, 1.82) is 0 Å². The summed E-state index contributed by atoms with van der Waals surface area (Å²) < 4.78 is 5.50. The van der Waals surface area contributed by atoms with E-state index in [0.29, 0.717) is 36.4 Å². The normalized spacial score (nSPS) is 17.2. The topological polar surface area (TPSA) is 74.0 Å². The van der Waals surface area contributed by atoms with E-state index in [2.05, 4.69) is 15.9 Å². The molecule has 0 saturated carbocycles. The van der Waals surface area contributed by atoms with Gasteiger partial charge < -0.3 is 14.4 Å². The molecule has 0 unspecified atom stereocenters. The maximum atomic E-state index is 12.3. The van der Waals surface area contributed by atoms with Gasteiger partial charge in [0.25, 0.3) is 5.91 Å². The Kier molecular flexibility index (Phi) is 4.60. The molecular formula is C12H15BrN2O4.